The van der Waals surface area contributed by atoms with Gasteiger partial charge in [-0.15, -0.1) is 0 Å². The fourth-order valence-corrected chi connectivity index (χ4v) is 13.9. The first-order valence-corrected chi connectivity index (χ1v) is 13.3. The highest BCUT2D eigenvalue weighted by Gasteiger charge is 2.33. The van der Waals surface area contributed by atoms with Crippen LogP contribution in [-0.4, -0.2) is 41.5 Å². The fraction of sp³-hybridized carbons (Fsp3) is 1.00. The van der Waals surface area contributed by atoms with Crippen LogP contribution in [0.2, 0.25) is 0 Å². The predicted octanol–water partition coefficient (Wildman–Crippen LogP) is 7.37. The van der Waals surface area contributed by atoms with Gasteiger partial charge in [0.1, 0.15) is 0 Å². The Labute approximate surface area is 148 Å². The van der Waals surface area contributed by atoms with Gasteiger partial charge in [0.2, 0.25) is 0 Å². The molecule has 0 fully saturated rings. The van der Waals surface area contributed by atoms with Crippen molar-refractivity contribution in [1.82, 2.24) is 0 Å². The van der Waals surface area contributed by atoms with E-state index >= 15 is 0 Å². The molecular formula is C18H42BN2P2. The van der Waals surface area contributed by atoms with Crippen LogP contribution in [-0.2, 0) is 0 Å². The molecule has 0 aliphatic carbocycles. The topological polar surface area (TPSA) is 24.7 Å². The second-order valence-corrected chi connectivity index (χ2v) is 18.3. The summed E-state index contributed by atoms with van der Waals surface area (Å²) in [7, 11) is -0.775. The molecule has 0 saturated heterocycles. The van der Waals surface area contributed by atoms with E-state index in [1.807, 2.05) is 7.55 Å². The Bertz CT molecular complexity index is 365. The molecule has 0 aliphatic heterocycles. The lowest BCUT2D eigenvalue weighted by atomic mass is 10.3. The minimum absolute atomic E-state index is 0.624. The third kappa shape index (κ3) is 4.79. The summed E-state index contributed by atoms with van der Waals surface area (Å²) < 4.78 is 10.5. The van der Waals surface area contributed by atoms with Gasteiger partial charge in [-0.25, -0.2) is 0 Å². The van der Waals surface area contributed by atoms with Gasteiger partial charge in [-0.1, -0.05) is 83.1 Å². The number of nitrogens with zero attached hydrogens (tertiary/aromatic N) is 2. The van der Waals surface area contributed by atoms with Crippen LogP contribution in [0.4, 0.5) is 0 Å². The molecule has 0 aromatic rings. The molecule has 2 nitrogen and oxygen atoms in total. The Morgan fingerprint density at radius 1 is 0.435 bits per heavy atom. The monoisotopic (exact) mass is 359 g/mol. The zero-order chi connectivity index (χ0) is 18.6. The van der Waals surface area contributed by atoms with Crippen LogP contribution in [0.25, 0.3) is 0 Å². The zero-order valence-electron chi connectivity index (χ0n) is 17.8. The predicted molar refractivity (Wildman–Crippen MR) is 115 cm³/mol. The second kappa shape index (κ2) is 9.29. The summed E-state index contributed by atoms with van der Waals surface area (Å²) in [6.45, 7) is 28.2. The molecule has 23 heavy (non-hydrogen) atoms. The standard InChI is InChI=1S/C18H42BN2P2/c1-13(2)22(14(3)4,15(5)6)20-19-21-23(16(7)8,17(9)10)18(11)12/h13-18H,1-12H3. The third-order valence-electron chi connectivity index (χ3n) is 5.47. The van der Waals surface area contributed by atoms with Crippen LogP contribution in [0.3, 0.4) is 0 Å². The van der Waals surface area contributed by atoms with Gasteiger partial charge < -0.3 is 9.31 Å². The molecule has 0 aromatic carbocycles. The SMILES string of the molecule is CC(C)P(=N[B]N=P(C(C)C)(C(C)C)C(C)C)(C(C)C)C(C)C. The molecule has 0 rings (SSSR count). The van der Waals surface area contributed by atoms with Gasteiger partial charge in [0, 0.05) is 0 Å². The summed E-state index contributed by atoms with van der Waals surface area (Å²) in [5.74, 6) is 0. The minimum Gasteiger partial charge on any atom is -0.332 e. The minimum atomic E-state index is -1.40. The van der Waals surface area contributed by atoms with E-state index in [1.165, 1.54) is 0 Å². The smallest absolute Gasteiger partial charge is 0.332 e. The first kappa shape index (κ1) is 23.5. The molecule has 0 aromatic heterocycles. The highest BCUT2D eigenvalue weighted by molar-refractivity contribution is 7.70. The van der Waals surface area contributed by atoms with Gasteiger partial charge in [0.05, 0.1) is 0 Å². The van der Waals surface area contributed by atoms with Crippen LogP contribution >= 0.6 is 14.1 Å². The summed E-state index contributed by atoms with van der Waals surface area (Å²) in [5, 5.41) is 0. The van der Waals surface area contributed by atoms with Crippen LogP contribution in [0.15, 0.2) is 9.31 Å². The average molecular weight is 359 g/mol. The molecule has 0 bridgehead atoms. The molecule has 1 radical (unpaired) electrons. The second-order valence-electron chi connectivity index (χ2n) is 8.50. The number of rotatable bonds is 8. The molecule has 0 atom stereocenters. The average Bonchev–Trinajstić information content (AvgIpc) is 2.35. The summed E-state index contributed by atoms with van der Waals surface area (Å²) in [5.41, 5.74) is 3.74. The van der Waals surface area contributed by atoms with Crippen molar-refractivity contribution < 1.29 is 0 Å². The first-order valence-electron chi connectivity index (χ1n) is 9.39. The maximum atomic E-state index is 5.23. The maximum Gasteiger partial charge on any atom is 0.428 e. The van der Waals surface area contributed by atoms with Crippen molar-refractivity contribution in [2.75, 3.05) is 0 Å². The van der Waals surface area contributed by atoms with Gasteiger partial charge in [-0.05, 0) is 48.1 Å². The van der Waals surface area contributed by atoms with Crippen LogP contribution in [0.5, 0.6) is 0 Å². The summed E-state index contributed by atoms with van der Waals surface area (Å²) in [6, 6.07) is 0. The van der Waals surface area contributed by atoms with Crippen molar-refractivity contribution in [3.63, 3.8) is 0 Å². The normalized spacial score (nSPS) is 13.8. The first-order chi connectivity index (χ1) is 10.4. The van der Waals surface area contributed by atoms with Gasteiger partial charge >= 0.3 is 7.55 Å². The molecule has 0 aliphatic rings. The molecule has 0 N–H and O–H groups in total. The van der Waals surface area contributed by atoms with Crippen LogP contribution in [0, 0.1) is 0 Å². The summed E-state index contributed by atoms with van der Waals surface area (Å²) in [4.78, 5) is 0. The Balaban J connectivity index is 6.10. The van der Waals surface area contributed by atoms with E-state index in [2.05, 4.69) is 83.1 Å². The van der Waals surface area contributed by atoms with Gasteiger partial charge in [-0.2, -0.15) is 0 Å². The van der Waals surface area contributed by atoms with Crippen molar-refractivity contribution >= 4 is 21.7 Å². The lowest BCUT2D eigenvalue weighted by Gasteiger charge is -2.38. The van der Waals surface area contributed by atoms with E-state index in [1.54, 1.807) is 0 Å². The van der Waals surface area contributed by atoms with E-state index in [0.717, 1.165) is 0 Å². The van der Waals surface area contributed by atoms with Crippen LogP contribution < -0.4 is 0 Å². The molecule has 0 spiro atoms. The van der Waals surface area contributed by atoms with Crippen molar-refractivity contribution in [3.8, 4) is 0 Å². The number of hydrogen-bond donors (Lipinski definition) is 0. The van der Waals surface area contributed by atoms with E-state index in [-0.39, 0.29) is 0 Å². The molecule has 0 heterocycles. The van der Waals surface area contributed by atoms with E-state index in [9.17, 15) is 0 Å². The Hall–Kier alpha value is 0.525. The fourth-order valence-electron chi connectivity index (χ4n) is 4.58. The van der Waals surface area contributed by atoms with Crippen LogP contribution in [0.1, 0.15) is 83.1 Å². The van der Waals surface area contributed by atoms with Crippen molar-refractivity contribution in [1.29, 1.82) is 0 Å². The van der Waals surface area contributed by atoms with E-state index in [4.69, 9.17) is 9.31 Å². The Morgan fingerprint density at radius 2 is 0.609 bits per heavy atom. The van der Waals surface area contributed by atoms with Gasteiger partial charge in [0.25, 0.3) is 0 Å². The van der Waals surface area contributed by atoms with Gasteiger partial charge in [-0.3, -0.25) is 0 Å². The zero-order valence-corrected chi connectivity index (χ0v) is 19.6. The van der Waals surface area contributed by atoms with E-state index in [0.29, 0.717) is 34.0 Å². The Morgan fingerprint density at radius 3 is 0.739 bits per heavy atom. The summed E-state index contributed by atoms with van der Waals surface area (Å²) in [6.07, 6.45) is 0. The molecular weight excluding hydrogens is 317 g/mol. The maximum absolute atomic E-state index is 5.23. The van der Waals surface area contributed by atoms with E-state index < -0.39 is 14.1 Å². The highest BCUT2D eigenvalue weighted by atomic mass is 31.2. The summed E-state index contributed by atoms with van der Waals surface area (Å²) >= 11 is 0. The quantitative estimate of drug-likeness (QED) is 0.319. The lowest BCUT2D eigenvalue weighted by Crippen LogP contribution is -2.19. The molecule has 0 saturated carbocycles. The molecule has 137 valence electrons. The molecule has 0 amide bonds. The largest absolute Gasteiger partial charge is 0.428 e. The van der Waals surface area contributed by atoms with Crippen molar-refractivity contribution in [2.24, 2.45) is 9.31 Å². The lowest BCUT2D eigenvalue weighted by molar-refractivity contribution is 0.925. The van der Waals surface area contributed by atoms with Gasteiger partial charge in [0.15, 0.2) is 0 Å². The number of hydrogen-bond acceptors (Lipinski definition) is 2. The molecule has 5 heteroatoms. The Kier molecular flexibility index (Phi) is 9.50. The van der Waals surface area contributed by atoms with Crippen molar-refractivity contribution in [3.05, 3.63) is 0 Å². The molecule has 0 unspecified atom stereocenters. The van der Waals surface area contributed by atoms with Crippen molar-refractivity contribution in [2.45, 2.75) is 117 Å². The third-order valence-corrected chi connectivity index (χ3v) is 16.4. The highest BCUT2D eigenvalue weighted by Crippen LogP contribution is 2.64.